The smallest absolute Gasteiger partial charge is 0.270 e. The van der Waals surface area contributed by atoms with Crippen LogP contribution in [0, 0.1) is 6.92 Å². The molecule has 2 aromatic heterocycles. The Morgan fingerprint density at radius 1 is 0.795 bits per heavy atom. The molecule has 1 N–H and O–H groups in total. The monoisotopic (exact) mass is 553 g/mol. The summed E-state index contributed by atoms with van der Waals surface area (Å²) in [7, 11) is 2.28. The van der Waals surface area contributed by atoms with Gasteiger partial charge in [-0.2, -0.15) is 12.8 Å². The number of carboxylic acid groups (broad SMARTS) is 1. The number of rotatable bonds is 6. The zero-order valence-corrected chi connectivity index (χ0v) is 22.8. The van der Waals surface area contributed by atoms with Gasteiger partial charge in [-0.1, -0.05) is 6.07 Å². The summed E-state index contributed by atoms with van der Waals surface area (Å²) in [6.45, 7) is 2.11. The fourth-order valence-corrected chi connectivity index (χ4v) is 4.87. The van der Waals surface area contributed by atoms with Crippen molar-refractivity contribution in [1.29, 1.82) is 0 Å². The minimum atomic E-state index is -4.39. The average Bonchev–Trinajstić information content (AvgIpc) is 2.88. The molecule has 0 saturated heterocycles. The van der Waals surface area contributed by atoms with Crippen LogP contribution in [-0.4, -0.2) is 53.1 Å². The molecule has 0 aliphatic heterocycles. The van der Waals surface area contributed by atoms with Gasteiger partial charge in [0.25, 0.3) is 10.1 Å². The molecular weight excluding hydrogens is 526 g/mol. The second kappa shape index (κ2) is 10.8. The van der Waals surface area contributed by atoms with Gasteiger partial charge in [-0.15, -0.1) is 0 Å². The summed E-state index contributed by atoms with van der Waals surface area (Å²) >= 11 is 0. The van der Waals surface area contributed by atoms with Crippen LogP contribution < -0.4 is 28.5 Å². The largest absolute Gasteiger partial charge is 0.549 e. The summed E-state index contributed by atoms with van der Waals surface area (Å²) in [4.78, 5) is 9.36. The van der Waals surface area contributed by atoms with Gasteiger partial charge in [0, 0.05) is 27.8 Å². The summed E-state index contributed by atoms with van der Waals surface area (Å²) in [6.07, 6.45) is 4.31. The van der Waals surface area contributed by atoms with E-state index >= 15 is 0 Å². The number of fused-ring (bicyclic) bond motifs is 5. The van der Waals surface area contributed by atoms with Crippen LogP contribution >= 0.6 is 0 Å². The second-order valence-corrected chi connectivity index (χ2v) is 10.2. The molecule has 0 unspecified atom stereocenters. The topological polar surface area (TPSA) is 136 Å². The lowest BCUT2D eigenvalue weighted by Gasteiger charge is -2.12. The van der Waals surface area contributed by atoms with Crippen molar-refractivity contribution in [3.05, 3.63) is 60.4 Å². The first-order valence-electron chi connectivity index (χ1n) is 11.6. The number of benzene rings is 3. The summed E-state index contributed by atoms with van der Waals surface area (Å²) in [5.74, 6) is -0.225. The highest BCUT2D eigenvalue weighted by Gasteiger charge is 2.18. The molecule has 10 nitrogen and oxygen atoms in total. The lowest BCUT2D eigenvalue weighted by Crippen LogP contribution is -2.30. The zero-order chi connectivity index (χ0) is 28.5. The van der Waals surface area contributed by atoms with Gasteiger partial charge in [0.1, 0.15) is 5.75 Å². The maximum atomic E-state index is 9.58. The van der Waals surface area contributed by atoms with Crippen molar-refractivity contribution in [1.82, 2.24) is 0 Å². The third-order valence-electron chi connectivity index (χ3n) is 6.27. The first kappa shape index (κ1) is 27.7. The van der Waals surface area contributed by atoms with E-state index in [9.17, 15) is 18.3 Å². The molecule has 0 aliphatic rings. The van der Waals surface area contributed by atoms with Gasteiger partial charge < -0.3 is 28.8 Å². The maximum absolute atomic E-state index is 9.58. The number of hydrogen-bond donors (Lipinski definition) is 1. The number of carbonyl (C=O) groups is 1. The molecule has 39 heavy (non-hydrogen) atoms. The van der Waals surface area contributed by atoms with Crippen molar-refractivity contribution < 1.29 is 46.2 Å². The number of aliphatic carboxylic acids is 1. The predicted molar refractivity (Wildman–Crippen MR) is 144 cm³/mol. The molecule has 0 fully saturated rings. The Kier molecular flexibility index (Phi) is 7.66. The Morgan fingerprint density at radius 3 is 1.97 bits per heavy atom. The van der Waals surface area contributed by atoms with E-state index < -0.39 is 21.8 Å². The van der Waals surface area contributed by atoms with Gasteiger partial charge in [-0.3, -0.25) is 4.55 Å². The number of hydrogen-bond acceptors (Lipinski definition) is 8. The van der Waals surface area contributed by atoms with Crippen LogP contribution in [0.15, 0.2) is 54.9 Å². The van der Waals surface area contributed by atoms with Gasteiger partial charge >= 0.3 is 0 Å². The van der Waals surface area contributed by atoms with E-state index in [4.69, 9.17) is 23.5 Å². The molecule has 0 amide bonds. The van der Waals surface area contributed by atoms with E-state index in [2.05, 4.69) is 54.0 Å². The summed E-state index contributed by atoms with van der Waals surface area (Å²) in [5.41, 5.74) is 2.27. The summed E-state index contributed by atoms with van der Waals surface area (Å²) in [6, 6.07) is 14.7. The molecule has 3 aromatic carbocycles. The van der Waals surface area contributed by atoms with Crippen LogP contribution in [0.1, 0.15) is 5.56 Å². The van der Waals surface area contributed by atoms with Gasteiger partial charge in [-0.25, -0.2) is 0 Å². The van der Waals surface area contributed by atoms with E-state index in [0.29, 0.717) is 0 Å². The van der Waals surface area contributed by atoms with Crippen molar-refractivity contribution in [2.45, 2.75) is 6.92 Å². The third kappa shape index (κ3) is 5.59. The van der Waals surface area contributed by atoms with Crippen molar-refractivity contribution in [2.24, 2.45) is 0 Å². The highest BCUT2D eigenvalue weighted by Crippen LogP contribution is 2.38. The van der Waals surface area contributed by atoms with Gasteiger partial charge in [0.15, 0.2) is 35.4 Å². The molecule has 0 radical (unpaired) electrons. The molecule has 5 rings (SSSR count). The highest BCUT2D eigenvalue weighted by molar-refractivity contribution is 7.86. The number of carbonyl (C=O) groups excluding carboxylic acids is 1. The first-order valence-corrected chi connectivity index (χ1v) is 13.2. The van der Waals surface area contributed by atoms with Crippen LogP contribution in [0.3, 0.4) is 0 Å². The van der Waals surface area contributed by atoms with Crippen molar-refractivity contribution in [3.8, 4) is 23.0 Å². The molecular formula is C28H27NO9S. The lowest BCUT2D eigenvalue weighted by atomic mass is 10.0. The number of methoxy groups -OCH3 is 4. The normalized spacial score (nSPS) is 11.3. The van der Waals surface area contributed by atoms with E-state index in [1.807, 2.05) is 12.1 Å². The lowest BCUT2D eigenvalue weighted by molar-refractivity contribution is -0.509. The quantitative estimate of drug-likeness (QED) is 0.146. The predicted octanol–water partition coefficient (Wildman–Crippen LogP) is 2.85. The molecule has 0 atom stereocenters. The summed E-state index contributed by atoms with van der Waals surface area (Å²) < 4.78 is 51.3. The SMILES string of the molecule is COc1cc2c(C)c[n+]3cc4cc5c(OC)c(OC)ccc5cc4cc3c2cc1OC.O=C([O-])CS(=O)(=O)O. The zero-order valence-electron chi connectivity index (χ0n) is 22.0. The average molecular weight is 554 g/mol. The van der Waals surface area contributed by atoms with Crippen LogP contribution in [0.2, 0.25) is 0 Å². The number of aryl methyl sites for hydroxylation is 1. The van der Waals surface area contributed by atoms with Crippen LogP contribution in [-0.2, 0) is 14.9 Å². The molecule has 5 aromatic rings. The minimum Gasteiger partial charge on any atom is -0.549 e. The molecule has 0 saturated carbocycles. The van der Waals surface area contributed by atoms with Gasteiger partial charge in [0.05, 0.1) is 39.8 Å². The van der Waals surface area contributed by atoms with E-state index in [1.165, 1.54) is 0 Å². The Balaban J connectivity index is 0.000000386. The van der Waals surface area contributed by atoms with Crippen molar-refractivity contribution in [2.75, 3.05) is 34.2 Å². The Bertz CT molecular complexity index is 1850. The van der Waals surface area contributed by atoms with Crippen LogP contribution in [0.5, 0.6) is 23.0 Å². The highest BCUT2D eigenvalue weighted by atomic mass is 32.2. The Hall–Kier alpha value is -4.35. The van der Waals surface area contributed by atoms with Crippen molar-refractivity contribution in [3.63, 3.8) is 0 Å². The number of nitrogens with zero attached hydrogens (tertiary/aromatic N) is 1. The molecule has 0 aliphatic carbocycles. The molecule has 0 spiro atoms. The number of pyridine rings is 2. The van der Waals surface area contributed by atoms with E-state index in [0.717, 1.165) is 66.4 Å². The van der Waals surface area contributed by atoms with E-state index in [1.54, 1.807) is 28.4 Å². The Morgan fingerprint density at radius 2 is 1.44 bits per heavy atom. The van der Waals surface area contributed by atoms with Gasteiger partial charge in [-0.05, 0) is 48.0 Å². The van der Waals surface area contributed by atoms with Crippen molar-refractivity contribution >= 4 is 53.9 Å². The number of ether oxygens (including phenoxy) is 4. The molecule has 11 heteroatoms. The minimum absolute atomic E-state index is 0.720. The van der Waals surface area contributed by atoms with Crippen LogP contribution in [0.4, 0.5) is 0 Å². The maximum Gasteiger partial charge on any atom is 0.270 e. The number of carboxylic acids is 1. The molecule has 204 valence electrons. The fourth-order valence-electron chi connectivity index (χ4n) is 4.58. The Labute approximate surface area is 224 Å². The first-order chi connectivity index (χ1) is 18.5. The fraction of sp³-hybridized carbons (Fsp3) is 0.214. The summed E-state index contributed by atoms with van der Waals surface area (Å²) in [5, 5.41) is 16.0. The van der Waals surface area contributed by atoms with Crippen LogP contribution in [0.25, 0.3) is 37.8 Å². The second-order valence-electron chi connectivity index (χ2n) is 8.73. The standard InChI is InChI=1S/C26H24NO4.C2H4O5S/c1-15-13-27-14-18-9-20-16(6-7-23(28-2)26(20)31-5)8-17(18)10-22(27)21-12-25(30-4)24(29-3)11-19(15)21;3-2(4)1-8(5,6)7/h6-14H,1-5H3;1H2,(H,3,4)(H,5,6,7)/q+1;/p-1. The number of aromatic nitrogens is 1. The molecule has 2 heterocycles. The van der Waals surface area contributed by atoms with E-state index in [-0.39, 0.29) is 0 Å². The molecule has 0 bridgehead atoms. The third-order valence-corrected chi connectivity index (χ3v) is 6.87. The van der Waals surface area contributed by atoms with Gasteiger partial charge in [0.2, 0.25) is 5.52 Å².